The molecule has 3 rings (SSSR count). The van der Waals surface area contributed by atoms with Gasteiger partial charge in [0.15, 0.2) is 5.96 Å². The monoisotopic (exact) mass is 532 g/mol. The quantitative estimate of drug-likeness (QED) is 0.349. The maximum Gasteiger partial charge on any atom is 0.246 e. The van der Waals surface area contributed by atoms with Gasteiger partial charge in [-0.1, -0.05) is 28.9 Å². The zero-order chi connectivity index (χ0) is 19.9. The first-order chi connectivity index (χ1) is 13.6. The zero-order valence-electron chi connectivity index (χ0n) is 16.5. The van der Waals surface area contributed by atoms with Crippen molar-refractivity contribution in [1.82, 2.24) is 25.7 Å². The Bertz CT molecular complexity index is 836. The van der Waals surface area contributed by atoms with Crippen LogP contribution in [0, 0.1) is 5.92 Å². The molecule has 1 aromatic carbocycles. The Kier molecular flexibility index (Phi) is 9.15. The zero-order valence-corrected chi connectivity index (χ0v) is 19.6. The SMILES string of the molecule is CN=C(NCc1nc(-c2cccc(Cl)c2)no1)N1CCC(CC(=O)NC)CC1.I. The van der Waals surface area contributed by atoms with Gasteiger partial charge in [0.05, 0.1) is 6.54 Å². The predicted octanol–water partition coefficient (Wildman–Crippen LogP) is 2.93. The molecule has 158 valence electrons. The van der Waals surface area contributed by atoms with Crippen molar-refractivity contribution in [3.05, 3.63) is 35.2 Å². The van der Waals surface area contributed by atoms with E-state index in [9.17, 15) is 4.79 Å². The van der Waals surface area contributed by atoms with Crippen LogP contribution in [0.5, 0.6) is 0 Å². The first-order valence-corrected chi connectivity index (χ1v) is 9.71. The largest absolute Gasteiger partial charge is 0.359 e. The minimum atomic E-state index is 0. The van der Waals surface area contributed by atoms with Crippen molar-refractivity contribution in [3.8, 4) is 11.4 Å². The Hall–Kier alpha value is -1.88. The van der Waals surface area contributed by atoms with E-state index in [1.165, 1.54) is 0 Å². The maximum absolute atomic E-state index is 11.5. The van der Waals surface area contributed by atoms with Crippen molar-refractivity contribution >= 4 is 47.4 Å². The van der Waals surface area contributed by atoms with E-state index in [0.29, 0.717) is 35.6 Å². The number of hydrogen-bond donors (Lipinski definition) is 2. The number of hydrogen-bond acceptors (Lipinski definition) is 5. The fourth-order valence-corrected chi connectivity index (χ4v) is 3.46. The molecule has 2 aromatic rings. The molecule has 0 spiro atoms. The van der Waals surface area contributed by atoms with E-state index in [1.54, 1.807) is 26.2 Å². The number of nitrogens with one attached hydrogen (secondary N) is 2. The Balaban J connectivity index is 0.00000300. The number of nitrogens with zero attached hydrogens (tertiary/aromatic N) is 4. The fourth-order valence-electron chi connectivity index (χ4n) is 3.27. The van der Waals surface area contributed by atoms with Crippen LogP contribution in [0.2, 0.25) is 5.02 Å². The maximum atomic E-state index is 11.5. The number of guanidine groups is 1. The van der Waals surface area contributed by atoms with E-state index >= 15 is 0 Å². The number of aromatic nitrogens is 2. The second-order valence-corrected chi connectivity index (χ2v) is 7.17. The summed E-state index contributed by atoms with van der Waals surface area (Å²) in [6, 6.07) is 7.33. The molecular formula is C19H26ClIN6O2. The van der Waals surface area contributed by atoms with Gasteiger partial charge in [-0.2, -0.15) is 4.98 Å². The van der Waals surface area contributed by atoms with Crippen molar-refractivity contribution in [2.75, 3.05) is 27.2 Å². The van der Waals surface area contributed by atoms with Crippen LogP contribution >= 0.6 is 35.6 Å². The van der Waals surface area contributed by atoms with Gasteiger partial charge in [0.1, 0.15) is 0 Å². The van der Waals surface area contributed by atoms with Crippen LogP contribution in [0.1, 0.15) is 25.2 Å². The van der Waals surface area contributed by atoms with Gasteiger partial charge in [-0.3, -0.25) is 9.79 Å². The Morgan fingerprint density at radius 3 is 2.79 bits per heavy atom. The van der Waals surface area contributed by atoms with E-state index in [-0.39, 0.29) is 29.9 Å². The van der Waals surface area contributed by atoms with Crippen molar-refractivity contribution < 1.29 is 9.32 Å². The van der Waals surface area contributed by atoms with Crippen LogP contribution < -0.4 is 10.6 Å². The second-order valence-electron chi connectivity index (χ2n) is 6.73. The third kappa shape index (κ3) is 6.56. The summed E-state index contributed by atoms with van der Waals surface area (Å²) in [5, 5.41) is 10.6. The molecule has 0 saturated carbocycles. The number of aliphatic imine (C=N–C) groups is 1. The topological polar surface area (TPSA) is 95.7 Å². The van der Waals surface area contributed by atoms with Gasteiger partial charge in [0.2, 0.25) is 17.6 Å². The summed E-state index contributed by atoms with van der Waals surface area (Å²) in [5.74, 6) is 2.30. The Labute approximate surface area is 192 Å². The summed E-state index contributed by atoms with van der Waals surface area (Å²) in [4.78, 5) is 22.5. The molecule has 10 heteroatoms. The highest BCUT2D eigenvalue weighted by Crippen LogP contribution is 2.21. The van der Waals surface area contributed by atoms with Crippen LogP contribution in [0.3, 0.4) is 0 Å². The van der Waals surface area contributed by atoms with E-state index in [4.69, 9.17) is 16.1 Å². The summed E-state index contributed by atoms with van der Waals surface area (Å²) >= 11 is 6.01. The molecule has 1 amide bonds. The number of halogens is 2. The minimum absolute atomic E-state index is 0. The highest BCUT2D eigenvalue weighted by molar-refractivity contribution is 14.0. The smallest absolute Gasteiger partial charge is 0.246 e. The molecule has 0 radical (unpaired) electrons. The lowest BCUT2D eigenvalue weighted by Gasteiger charge is -2.33. The van der Waals surface area contributed by atoms with Crippen LogP contribution in [0.25, 0.3) is 11.4 Å². The van der Waals surface area contributed by atoms with Crippen molar-refractivity contribution in [3.63, 3.8) is 0 Å². The standard InChI is InChI=1S/C19H25ClN6O2.HI/c1-21-16(27)10-13-6-8-26(9-7-13)19(22-2)23-12-17-24-18(25-28-17)14-4-3-5-15(20)11-14;/h3-5,11,13H,6-10,12H2,1-2H3,(H,21,27)(H,22,23);1H. The average Bonchev–Trinajstić information content (AvgIpc) is 3.18. The molecule has 2 heterocycles. The summed E-state index contributed by atoms with van der Waals surface area (Å²) in [7, 11) is 3.43. The molecule has 1 aliphatic heterocycles. The summed E-state index contributed by atoms with van der Waals surface area (Å²) in [6.45, 7) is 2.11. The predicted molar refractivity (Wildman–Crippen MR) is 123 cm³/mol. The van der Waals surface area contributed by atoms with E-state index in [1.807, 2.05) is 12.1 Å². The molecule has 1 aromatic heterocycles. The molecule has 1 aliphatic rings. The number of carbonyl (C=O) groups excluding carboxylic acids is 1. The van der Waals surface area contributed by atoms with E-state index in [2.05, 4.69) is 30.7 Å². The van der Waals surface area contributed by atoms with Gasteiger partial charge in [0.25, 0.3) is 0 Å². The first kappa shape index (κ1) is 23.4. The lowest BCUT2D eigenvalue weighted by Crippen LogP contribution is -2.45. The third-order valence-electron chi connectivity index (χ3n) is 4.83. The highest BCUT2D eigenvalue weighted by Gasteiger charge is 2.23. The molecule has 0 unspecified atom stereocenters. The number of likely N-dealkylation sites (tertiary alicyclic amines) is 1. The number of benzene rings is 1. The normalized spacial score (nSPS) is 15.0. The number of piperidine rings is 1. The molecular weight excluding hydrogens is 507 g/mol. The lowest BCUT2D eigenvalue weighted by molar-refractivity contribution is -0.121. The molecule has 0 atom stereocenters. The highest BCUT2D eigenvalue weighted by atomic mass is 127. The van der Waals surface area contributed by atoms with Gasteiger partial charge in [0, 0.05) is 44.2 Å². The molecule has 0 bridgehead atoms. The first-order valence-electron chi connectivity index (χ1n) is 9.33. The number of carbonyl (C=O) groups is 1. The fraction of sp³-hybridized carbons (Fsp3) is 0.474. The van der Waals surface area contributed by atoms with E-state index < -0.39 is 0 Å². The summed E-state index contributed by atoms with van der Waals surface area (Å²) in [5.41, 5.74) is 0.810. The van der Waals surface area contributed by atoms with Gasteiger partial charge < -0.3 is 20.1 Å². The molecule has 1 saturated heterocycles. The molecule has 0 aliphatic carbocycles. The van der Waals surface area contributed by atoms with Gasteiger partial charge >= 0.3 is 0 Å². The minimum Gasteiger partial charge on any atom is -0.359 e. The number of rotatable bonds is 5. The number of amides is 1. The Morgan fingerprint density at radius 2 is 2.14 bits per heavy atom. The third-order valence-corrected chi connectivity index (χ3v) is 5.06. The van der Waals surface area contributed by atoms with Crippen LogP contribution in [0.4, 0.5) is 0 Å². The van der Waals surface area contributed by atoms with Crippen LogP contribution in [-0.4, -0.2) is 54.1 Å². The van der Waals surface area contributed by atoms with Gasteiger partial charge in [-0.15, -0.1) is 24.0 Å². The lowest BCUT2D eigenvalue weighted by atomic mass is 9.93. The molecule has 29 heavy (non-hydrogen) atoms. The van der Waals surface area contributed by atoms with Crippen molar-refractivity contribution in [2.24, 2.45) is 10.9 Å². The second kappa shape index (κ2) is 11.3. The molecule has 1 fully saturated rings. The summed E-state index contributed by atoms with van der Waals surface area (Å²) in [6.07, 6.45) is 2.52. The molecule has 2 N–H and O–H groups in total. The van der Waals surface area contributed by atoms with Crippen molar-refractivity contribution in [2.45, 2.75) is 25.8 Å². The van der Waals surface area contributed by atoms with Gasteiger partial charge in [-0.05, 0) is 30.9 Å². The van der Waals surface area contributed by atoms with Crippen LogP contribution in [0.15, 0.2) is 33.8 Å². The van der Waals surface area contributed by atoms with Gasteiger partial charge in [-0.25, -0.2) is 0 Å². The van der Waals surface area contributed by atoms with E-state index in [0.717, 1.165) is 37.5 Å². The molecule has 8 nitrogen and oxygen atoms in total. The summed E-state index contributed by atoms with van der Waals surface area (Å²) < 4.78 is 5.33. The van der Waals surface area contributed by atoms with Crippen molar-refractivity contribution in [1.29, 1.82) is 0 Å². The van der Waals surface area contributed by atoms with Crippen LogP contribution in [-0.2, 0) is 11.3 Å². The average molecular weight is 533 g/mol. The Morgan fingerprint density at radius 1 is 1.38 bits per heavy atom.